The third kappa shape index (κ3) is 3.41. The molecule has 1 unspecified atom stereocenters. The quantitative estimate of drug-likeness (QED) is 0.893. The topological polar surface area (TPSA) is 85.0 Å². The molecule has 2 N–H and O–H groups in total. The minimum Gasteiger partial charge on any atom is -0.361 e. The highest BCUT2D eigenvalue weighted by molar-refractivity contribution is 5.73. The first-order valence-electron chi connectivity index (χ1n) is 9.22. The van der Waals surface area contributed by atoms with Crippen molar-refractivity contribution in [1.82, 2.24) is 25.3 Å². The second-order valence-electron chi connectivity index (χ2n) is 7.07. The number of imidazole rings is 1. The molecule has 2 aromatic heterocycles. The molecule has 3 heterocycles. The maximum atomic E-state index is 12.2. The van der Waals surface area contributed by atoms with E-state index in [1.807, 2.05) is 6.92 Å². The number of fused-ring (bicyclic) bond motifs is 2. The van der Waals surface area contributed by atoms with Crippen LogP contribution in [0.2, 0.25) is 0 Å². The highest BCUT2D eigenvalue weighted by Gasteiger charge is 2.23. The summed E-state index contributed by atoms with van der Waals surface area (Å²) in [7, 11) is 0. The van der Waals surface area contributed by atoms with E-state index in [-0.39, 0.29) is 11.9 Å². The number of amides is 2. The molecule has 4 rings (SSSR count). The molecule has 0 radical (unpaired) electrons. The fourth-order valence-electron chi connectivity index (χ4n) is 3.93. The van der Waals surface area contributed by atoms with Gasteiger partial charge in [-0.2, -0.15) is 0 Å². The average molecular weight is 343 g/mol. The lowest BCUT2D eigenvalue weighted by atomic mass is 9.96. The number of aryl methyl sites for hydroxylation is 3. The third-order valence-corrected chi connectivity index (χ3v) is 5.20. The minimum atomic E-state index is -0.159. The first-order valence-corrected chi connectivity index (χ1v) is 9.22. The molecule has 1 aliphatic carbocycles. The molecule has 25 heavy (non-hydrogen) atoms. The molecule has 0 bridgehead atoms. The molecule has 1 aliphatic heterocycles. The van der Waals surface area contributed by atoms with Gasteiger partial charge in [-0.25, -0.2) is 9.78 Å². The van der Waals surface area contributed by atoms with Crippen LogP contribution in [0.5, 0.6) is 0 Å². The molecular weight excluding hydrogens is 318 g/mol. The Morgan fingerprint density at radius 2 is 2.20 bits per heavy atom. The Labute approximate surface area is 147 Å². The lowest BCUT2D eigenvalue weighted by Crippen LogP contribution is -2.38. The molecule has 0 fully saturated rings. The van der Waals surface area contributed by atoms with Crippen LogP contribution in [0.3, 0.4) is 0 Å². The van der Waals surface area contributed by atoms with Gasteiger partial charge < -0.3 is 19.7 Å². The van der Waals surface area contributed by atoms with Crippen LogP contribution in [-0.2, 0) is 25.9 Å². The Morgan fingerprint density at radius 3 is 3.12 bits per heavy atom. The molecule has 2 aromatic rings. The fourth-order valence-corrected chi connectivity index (χ4v) is 3.93. The predicted molar refractivity (Wildman–Crippen MR) is 92.3 cm³/mol. The number of rotatable bonds is 4. The number of nitrogens with one attached hydrogen (secondary N) is 2. The van der Waals surface area contributed by atoms with Crippen LogP contribution in [0, 0.1) is 6.92 Å². The molecule has 0 saturated carbocycles. The highest BCUT2D eigenvalue weighted by Crippen LogP contribution is 2.26. The summed E-state index contributed by atoms with van der Waals surface area (Å²) in [6.45, 7) is 4.07. The van der Waals surface area contributed by atoms with Crippen molar-refractivity contribution in [1.29, 1.82) is 0 Å². The van der Waals surface area contributed by atoms with Crippen molar-refractivity contribution in [2.75, 3.05) is 6.54 Å². The zero-order chi connectivity index (χ0) is 17.2. The van der Waals surface area contributed by atoms with Crippen molar-refractivity contribution < 1.29 is 9.32 Å². The predicted octanol–water partition coefficient (Wildman–Crippen LogP) is 2.44. The maximum absolute atomic E-state index is 12.2. The van der Waals surface area contributed by atoms with E-state index in [1.165, 1.54) is 12.0 Å². The van der Waals surface area contributed by atoms with E-state index in [1.54, 1.807) is 0 Å². The smallest absolute Gasteiger partial charge is 0.315 e. The van der Waals surface area contributed by atoms with Gasteiger partial charge in [0.2, 0.25) is 0 Å². The van der Waals surface area contributed by atoms with Gasteiger partial charge in [0.1, 0.15) is 17.3 Å². The number of nitrogens with zero attached hydrogens (tertiary/aromatic N) is 3. The molecule has 0 spiro atoms. The second-order valence-corrected chi connectivity index (χ2v) is 7.07. The standard InChI is InChI=1S/C18H25N5O2/c1-12-11-23-8-4-5-13(17(23)21-12)9-19-18(24)20-10-15-14-6-2-3-7-16(14)25-22-15/h11,13H,2-10H2,1H3,(H2,19,20,24). The van der Waals surface area contributed by atoms with Gasteiger partial charge in [-0.15, -0.1) is 0 Å². The molecule has 0 aromatic carbocycles. The summed E-state index contributed by atoms with van der Waals surface area (Å²) in [4.78, 5) is 16.8. The van der Waals surface area contributed by atoms with Crippen molar-refractivity contribution >= 4 is 6.03 Å². The van der Waals surface area contributed by atoms with Gasteiger partial charge in [0, 0.05) is 37.2 Å². The number of carbonyl (C=O) groups is 1. The second kappa shape index (κ2) is 6.90. The van der Waals surface area contributed by atoms with Crippen LogP contribution in [0.25, 0.3) is 0 Å². The normalized spacial score (nSPS) is 19.2. The first kappa shape index (κ1) is 16.2. The highest BCUT2D eigenvalue weighted by atomic mass is 16.5. The van der Waals surface area contributed by atoms with Gasteiger partial charge in [0.25, 0.3) is 0 Å². The third-order valence-electron chi connectivity index (χ3n) is 5.20. The van der Waals surface area contributed by atoms with Gasteiger partial charge in [-0.3, -0.25) is 0 Å². The van der Waals surface area contributed by atoms with Crippen LogP contribution in [0.1, 0.15) is 60.1 Å². The molecule has 7 nitrogen and oxygen atoms in total. The van der Waals surface area contributed by atoms with E-state index in [2.05, 4.69) is 31.5 Å². The lowest BCUT2D eigenvalue weighted by Gasteiger charge is -2.23. The largest absolute Gasteiger partial charge is 0.361 e. The van der Waals surface area contributed by atoms with Gasteiger partial charge in [-0.1, -0.05) is 5.16 Å². The Balaban J connectivity index is 1.29. The molecule has 2 amide bonds. The number of carbonyl (C=O) groups excluding carboxylic acids is 1. The van der Waals surface area contributed by atoms with E-state index >= 15 is 0 Å². The van der Waals surface area contributed by atoms with Gasteiger partial charge in [0.15, 0.2) is 0 Å². The van der Waals surface area contributed by atoms with Crippen molar-refractivity contribution in [2.24, 2.45) is 0 Å². The molecule has 0 saturated heterocycles. The number of urea groups is 1. The molecule has 2 aliphatic rings. The molecule has 7 heteroatoms. The van der Waals surface area contributed by atoms with Crippen LogP contribution in [0.4, 0.5) is 4.79 Å². The summed E-state index contributed by atoms with van der Waals surface area (Å²) in [5, 5.41) is 10.0. The Hall–Kier alpha value is -2.31. The summed E-state index contributed by atoms with van der Waals surface area (Å²) in [6, 6.07) is -0.159. The number of hydrogen-bond acceptors (Lipinski definition) is 4. The summed E-state index contributed by atoms with van der Waals surface area (Å²) in [5.74, 6) is 2.37. The van der Waals surface area contributed by atoms with Crippen molar-refractivity contribution in [2.45, 2.75) is 64.5 Å². The summed E-state index contributed by atoms with van der Waals surface area (Å²) >= 11 is 0. The summed E-state index contributed by atoms with van der Waals surface area (Å²) < 4.78 is 7.60. The fraction of sp³-hybridized carbons (Fsp3) is 0.611. The van der Waals surface area contributed by atoms with Crippen LogP contribution >= 0.6 is 0 Å². The summed E-state index contributed by atoms with van der Waals surface area (Å²) in [5.41, 5.74) is 3.10. The van der Waals surface area contributed by atoms with Crippen LogP contribution in [0.15, 0.2) is 10.7 Å². The SMILES string of the molecule is Cc1cn2c(n1)C(CNC(=O)NCc1noc3c1CCCC3)CCC2. The van der Waals surface area contributed by atoms with Gasteiger partial charge in [-0.05, 0) is 39.0 Å². The Kier molecular flexibility index (Phi) is 4.46. The van der Waals surface area contributed by atoms with E-state index in [4.69, 9.17) is 4.52 Å². The average Bonchev–Trinajstić information content (AvgIpc) is 3.20. The molecule has 134 valence electrons. The van der Waals surface area contributed by atoms with E-state index < -0.39 is 0 Å². The Morgan fingerprint density at radius 1 is 1.32 bits per heavy atom. The summed E-state index contributed by atoms with van der Waals surface area (Å²) in [6.07, 6.45) is 8.57. The molecular formula is C18H25N5O2. The monoisotopic (exact) mass is 343 g/mol. The Bertz CT molecular complexity index is 764. The molecule has 1 atom stereocenters. The van der Waals surface area contributed by atoms with Gasteiger partial charge in [0.05, 0.1) is 12.2 Å². The lowest BCUT2D eigenvalue weighted by molar-refractivity contribution is 0.238. The zero-order valence-electron chi connectivity index (χ0n) is 14.7. The van der Waals surface area contributed by atoms with Crippen molar-refractivity contribution in [3.8, 4) is 0 Å². The van der Waals surface area contributed by atoms with Crippen LogP contribution in [-0.4, -0.2) is 27.3 Å². The van der Waals surface area contributed by atoms with Crippen LogP contribution < -0.4 is 10.6 Å². The van der Waals surface area contributed by atoms with Gasteiger partial charge >= 0.3 is 6.03 Å². The number of hydrogen-bond donors (Lipinski definition) is 2. The number of aromatic nitrogens is 3. The van der Waals surface area contributed by atoms with Crippen molar-refractivity contribution in [3.63, 3.8) is 0 Å². The van der Waals surface area contributed by atoms with E-state index in [9.17, 15) is 4.79 Å². The van der Waals surface area contributed by atoms with Crippen molar-refractivity contribution in [3.05, 3.63) is 34.7 Å². The minimum absolute atomic E-state index is 0.159. The first-order chi connectivity index (χ1) is 12.2. The zero-order valence-corrected chi connectivity index (χ0v) is 14.7. The van der Waals surface area contributed by atoms with E-state index in [0.717, 1.165) is 61.6 Å². The maximum Gasteiger partial charge on any atom is 0.315 e. The van der Waals surface area contributed by atoms with E-state index in [0.29, 0.717) is 13.1 Å².